The first-order valence-corrected chi connectivity index (χ1v) is 7.09. The van der Waals surface area contributed by atoms with Crippen molar-refractivity contribution in [2.75, 3.05) is 12.5 Å². The molecule has 80 valence electrons. The van der Waals surface area contributed by atoms with Crippen LogP contribution < -0.4 is 5.32 Å². The predicted octanol–water partition coefficient (Wildman–Crippen LogP) is 1.08. The van der Waals surface area contributed by atoms with Gasteiger partial charge in [-0.15, -0.1) is 11.8 Å². The van der Waals surface area contributed by atoms with E-state index < -0.39 is 9.84 Å². The van der Waals surface area contributed by atoms with Gasteiger partial charge >= 0.3 is 0 Å². The van der Waals surface area contributed by atoms with Crippen LogP contribution in [0, 0.1) is 11.3 Å². The first-order chi connectivity index (χ1) is 6.32. The monoisotopic (exact) mass is 234 g/mol. The molecule has 0 heterocycles. The highest BCUT2D eigenvalue weighted by atomic mass is 32.2. The molecule has 0 saturated heterocycles. The summed E-state index contributed by atoms with van der Waals surface area (Å²) in [5.41, 5.74) is 0. The van der Waals surface area contributed by atoms with E-state index in [1.165, 1.54) is 11.8 Å². The van der Waals surface area contributed by atoms with Crippen molar-refractivity contribution in [2.45, 2.75) is 19.9 Å². The Bertz CT molecular complexity index is 363. The molecule has 0 saturated carbocycles. The number of nitrogens with zero attached hydrogens (tertiary/aromatic N) is 1. The molecule has 0 aromatic heterocycles. The Hall–Kier alpha value is -0.670. The number of thioether (sulfide) groups is 1. The highest BCUT2D eigenvalue weighted by molar-refractivity contribution is 8.03. The molecule has 0 amide bonds. The van der Waals surface area contributed by atoms with Gasteiger partial charge in [0, 0.05) is 12.3 Å². The molecule has 0 aromatic rings. The van der Waals surface area contributed by atoms with Gasteiger partial charge in [-0.3, -0.25) is 0 Å². The Balaban J connectivity index is 5.28. The molecule has 1 N–H and O–H groups in total. The number of hydrogen-bond donors (Lipinski definition) is 1. The number of allylic oxidation sites excluding steroid dienone is 1. The lowest BCUT2D eigenvalue weighted by molar-refractivity contribution is 0.607. The van der Waals surface area contributed by atoms with Gasteiger partial charge in [0.15, 0.2) is 14.7 Å². The van der Waals surface area contributed by atoms with E-state index in [9.17, 15) is 8.42 Å². The Labute approximate surface area is 89.3 Å². The lowest BCUT2D eigenvalue weighted by Gasteiger charge is -2.12. The maximum atomic E-state index is 11.2. The highest BCUT2D eigenvalue weighted by Crippen LogP contribution is 2.18. The largest absolute Gasteiger partial charge is 0.376 e. The van der Waals surface area contributed by atoms with E-state index in [0.29, 0.717) is 5.03 Å². The zero-order chi connectivity index (χ0) is 11.4. The van der Waals surface area contributed by atoms with Gasteiger partial charge in [-0.05, 0) is 20.1 Å². The smallest absolute Gasteiger partial charge is 0.188 e. The normalized spacial score (nSPS) is 13.4. The number of sulfone groups is 1. The third-order valence-corrected chi connectivity index (χ3v) is 3.20. The summed E-state index contributed by atoms with van der Waals surface area (Å²) in [7, 11) is -3.44. The van der Waals surface area contributed by atoms with Crippen LogP contribution in [-0.4, -0.2) is 27.0 Å². The maximum Gasteiger partial charge on any atom is 0.188 e. The fraction of sp³-hybridized carbons (Fsp3) is 0.625. The van der Waals surface area contributed by atoms with Gasteiger partial charge in [0.2, 0.25) is 0 Å². The summed E-state index contributed by atoms with van der Waals surface area (Å²) in [6.45, 7) is 3.76. The van der Waals surface area contributed by atoms with E-state index in [0.717, 1.165) is 6.26 Å². The second-order valence-electron chi connectivity index (χ2n) is 3.05. The zero-order valence-electron chi connectivity index (χ0n) is 8.66. The van der Waals surface area contributed by atoms with Crippen LogP contribution in [0.1, 0.15) is 13.8 Å². The molecule has 0 atom stereocenters. The quantitative estimate of drug-likeness (QED) is 0.737. The first kappa shape index (κ1) is 13.3. The summed E-state index contributed by atoms with van der Waals surface area (Å²) in [6.07, 6.45) is 2.76. The molecule has 0 aromatic carbocycles. The topological polar surface area (TPSA) is 70.0 Å². The van der Waals surface area contributed by atoms with Gasteiger partial charge in [-0.1, -0.05) is 0 Å². The fourth-order valence-electron chi connectivity index (χ4n) is 0.781. The molecule has 0 fully saturated rings. The van der Waals surface area contributed by atoms with Crippen molar-refractivity contribution in [3.05, 3.63) is 9.93 Å². The molecule has 4 nitrogen and oxygen atoms in total. The average molecular weight is 234 g/mol. The van der Waals surface area contributed by atoms with Crippen LogP contribution >= 0.6 is 11.8 Å². The molecule has 0 bridgehead atoms. The molecule has 0 aliphatic carbocycles. The summed E-state index contributed by atoms with van der Waals surface area (Å²) < 4.78 is 22.4. The summed E-state index contributed by atoms with van der Waals surface area (Å²) >= 11 is 1.22. The summed E-state index contributed by atoms with van der Waals surface area (Å²) in [4.78, 5) is -0.196. The summed E-state index contributed by atoms with van der Waals surface area (Å²) in [5.74, 6) is 0. The molecule has 14 heavy (non-hydrogen) atoms. The van der Waals surface area contributed by atoms with Crippen molar-refractivity contribution in [1.82, 2.24) is 5.32 Å². The van der Waals surface area contributed by atoms with Gasteiger partial charge in [0.05, 0.1) is 5.03 Å². The Morgan fingerprint density at radius 2 is 2.00 bits per heavy atom. The molecule has 0 aliphatic rings. The molecule has 0 rings (SSSR count). The SMILES string of the molecule is CS/C(NC(C)C)=C(/C#N)S(C)(=O)=O. The first-order valence-electron chi connectivity index (χ1n) is 3.98. The number of rotatable bonds is 4. The van der Waals surface area contributed by atoms with E-state index in [2.05, 4.69) is 5.32 Å². The third-order valence-electron chi connectivity index (χ3n) is 1.30. The molecule has 0 radical (unpaired) electrons. The van der Waals surface area contributed by atoms with Crippen molar-refractivity contribution < 1.29 is 8.42 Å². The van der Waals surface area contributed by atoms with Gasteiger partial charge in [-0.2, -0.15) is 5.26 Å². The van der Waals surface area contributed by atoms with Crippen molar-refractivity contribution in [1.29, 1.82) is 5.26 Å². The average Bonchev–Trinajstić information content (AvgIpc) is 2.00. The van der Waals surface area contributed by atoms with Crippen LogP contribution in [0.4, 0.5) is 0 Å². The highest BCUT2D eigenvalue weighted by Gasteiger charge is 2.17. The van der Waals surface area contributed by atoms with Crippen LogP contribution in [0.3, 0.4) is 0 Å². The van der Waals surface area contributed by atoms with Gasteiger partial charge in [0.1, 0.15) is 6.07 Å². The predicted molar refractivity (Wildman–Crippen MR) is 59.3 cm³/mol. The second-order valence-corrected chi connectivity index (χ2v) is 5.81. The Morgan fingerprint density at radius 3 is 2.21 bits per heavy atom. The van der Waals surface area contributed by atoms with Crippen LogP contribution in [0.15, 0.2) is 9.93 Å². The lowest BCUT2D eigenvalue weighted by Crippen LogP contribution is -2.23. The van der Waals surface area contributed by atoms with Gasteiger partial charge < -0.3 is 5.32 Å². The number of hydrogen-bond acceptors (Lipinski definition) is 5. The Kier molecular flexibility index (Phi) is 5.02. The molecule has 6 heteroatoms. The zero-order valence-corrected chi connectivity index (χ0v) is 10.3. The second kappa shape index (κ2) is 5.27. The lowest BCUT2D eigenvalue weighted by atomic mass is 10.4. The van der Waals surface area contributed by atoms with Crippen LogP contribution in [-0.2, 0) is 9.84 Å². The van der Waals surface area contributed by atoms with E-state index >= 15 is 0 Å². The van der Waals surface area contributed by atoms with Gasteiger partial charge in [-0.25, -0.2) is 8.42 Å². The molecular weight excluding hydrogens is 220 g/mol. The van der Waals surface area contributed by atoms with E-state index in [4.69, 9.17) is 5.26 Å². The van der Waals surface area contributed by atoms with Crippen molar-refractivity contribution in [3.63, 3.8) is 0 Å². The van der Waals surface area contributed by atoms with Crippen LogP contribution in [0.5, 0.6) is 0 Å². The molecule has 0 spiro atoms. The third kappa shape index (κ3) is 4.03. The van der Waals surface area contributed by atoms with Crippen LogP contribution in [0.2, 0.25) is 0 Å². The maximum absolute atomic E-state index is 11.2. The standard InChI is InChI=1S/C8H14N2O2S2/c1-6(2)10-8(13-3)7(5-9)14(4,11)12/h6,10H,1-4H3/b8-7-. The minimum atomic E-state index is -3.44. The minimum Gasteiger partial charge on any atom is -0.376 e. The van der Waals surface area contributed by atoms with Crippen molar-refractivity contribution >= 4 is 21.6 Å². The van der Waals surface area contributed by atoms with E-state index in [-0.39, 0.29) is 10.9 Å². The fourth-order valence-corrected chi connectivity index (χ4v) is 2.63. The minimum absolute atomic E-state index is 0.0996. The summed E-state index contributed by atoms with van der Waals surface area (Å²) in [5, 5.41) is 12.1. The van der Waals surface area contributed by atoms with E-state index in [1.54, 1.807) is 12.3 Å². The van der Waals surface area contributed by atoms with Crippen molar-refractivity contribution in [2.24, 2.45) is 0 Å². The van der Waals surface area contributed by atoms with Crippen molar-refractivity contribution in [3.8, 4) is 6.07 Å². The summed E-state index contributed by atoms with van der Waals surface area (Å²) in [6, 6.07) is 1.81. The van der Waals surface area contributed by atoms with Crippen LogP contribution in [0.25, 0.3) is 0 Å². The molecular formula is C8H14N2O2S2. The Morgan fingerprint density at radius 1 is 1.50 bits per heavy atom. The number of nitriles is 1. The molecule has 0 unspecified atom stereocenters. The molecule has 0 aliphatic heterocycles. The van der Waals surface area contributed by atoms with E-state index in [1.807, 2.05) is 13.8 Å². The number of nitrogens with one attached hydrogen (secondary N) is 1. The van der Waals surface area contributed by atoms with Gasteiger partial charge in [0.25, 0.3) is 0 Å².